The van der Waals surface area contributed by atoms with Crippen molar-refractivity contribution in [3.63, 3.8) is 0 Å². The van der Waals surface area contributed by atoms with Gasteiger partial charge in [0, 0.05) is 13.7 Å². The molecule has 11 heavy (non-hydrogen) atoms. The summed E-state index contributed by atoms with van der Waals surface area (Å²) < 4.78 is 4.58. The molecule has 0 aromatic heterocycles. The molecule has 0 radical (unpaired) electrons. The lowest BCUT2D eigenvalue weighted by Gasteiger charge is -2.03. The molecular weight excluding hydrogens is 146 g/mol. The topological polar surface area (TPSA) is 74.2 Å². The Morgan fingerprint density at radius 2 is 2.36 bits per heavy atom. The third-order valence-electron chi connectivity index (χ3n) is 0.899. The minimum atomic E-state index is -0.317. The maximum absolute atomic E-state index is 10.7. The lowest BCUT2D eigenvalue weighted by molar-refractivity contribution is 0.172. The number of ether oxygens (including phenoxy) is 1. The Balaban J connectivity index is 3.17. The van der Waals surface area contributed by atoms with Crippen LogP contribution in [0.2, 0.25) is 0 Å². The zero-order chi connectivity index (χ0) is 8.53. The zero-order valence-corrected chi connectivity index (χ0v) is 6.39. The van der Waals surface area contributed by atoms with E-state index >= 15 is 0 Å². The number of carbonyl (C=O) groups is 1. The predicted molar refractivity (Wildman–Crippen MR) is 38.6 cm³/mol. The fourth-order valence-electron chi connectivity index (χ4n) is 0.432. The summed E-state index contributed by atoms with van der Waals surface area (Å²) in [5, 5.41) is 13.0. The Bertz CT molecular complexity index is 152. The minimum Gasteiger partial charge on any atom is -0.364 e. The number of rotatable bonds is 4. The highest BCUT2D eigenvalue weighted by atomic mass is 16.5. The summed E-state index contributed by atoms with van der Waals surface area (Å²) in [5.74, 6) is 0. The molecule has 0 aromatic carbocycles. The first-order valence-electron chi connectivity index (χ1n) is 3.19. The lowest BCUT2D eigenvalue weighted by Crippen LogP contribution is -2.36. The van der Waals surface area contributed by atoms with Crippen LogP contribution in [0.4, 0.5) is 4.79 Å². The van der Waals surface area contributed by atoms with Crippen molar-refractivity contribution in [1.29, 1.82) is 5.26 Å². The number of nitriles is 1. The van der Waals surface area contributed by atoms with Gasteiger partial charge in [-0.05, 0) is 0 Å². The maximum atomic E-state index is 10.7. The Labute approximate surface area is 65.3 Å². The standard InChI is InChI=1S/C6H11N3O2/c1-11-5-9-6(10)8-4-2-3-7/h2,4-5H2,1H3,(H2,8,9,10). The first-order chi connectivity index (χ1) is 5.31. The van der Waals surface area contributed by atoms with Gasteiger partial charge in [-0.25, -0.2) is 4.79 Å². The minimum absolute atomic E-state index is 0.179. The van der Waals surface area contributed by atoms with Gasteiger partial charge in [0.2, 0.25) is 0 Å². The Kier molecular flexibility index (Phi) is 6.04. The maximum Gasteiger partial charge on any atom is 0.316 e. The Hall–Kier alpha value is -1.28. The number of nitrogens with zero attached hydrogens (tertiary/aromatic N) is 1. The largest absolute Gasteiger partial charge is 0.364 e. The summed E-state index contributed by atoms with van der Waals surface area (Å²) in [4.78, 5) is 10.7. The number of carbonyl (C=O) groups excluding carboxylic acids is 1. The van der Waals surface area contributed by atoms with Gasteiger partial charge >= 0.3 is 6.03 Å². The molecule has 0 heterocycles. The third kappa shape index (κ3) is 6.61. The van der Waals surface area contributed by atoms with Crippen LogP contribution in [-0.2, 0) is 4.74 Å². The van der Waals surface area contributed by atoms with E-state index in [1.54, 1.807) is 0 Å². The molecule has 0 unspecified atom stereocenters. The number of nitrogens with one attached hydrogen (secondary N) is 2. The molecule has 0 spiro atoms. The monoisotopic (exact) mass is 157 g/mol. The van der Waals surface area contributed by atoms with Gasteiger partial charge in [-0.1, -0.05) is 0 Å². The molecule has 0 saturated heterocycles. The number of hydrogen-bond donors (Lipinski definition) is 2. The molecule has 0 bridgehead atoms. The van der Waals surface area contributed by atoms with E-state index in [1.165, 1.54) is 7.11 Å². The fourth-order valence-corrected chi connectivity index (χ4v) is 0.432. The molecule has 5 heteroatoms. The van der Waals surface area contributed by atoms with Crippen LogP contribution in [0.25, 0.3) is 0 Å². The van der Waals surface area contributed by atoms with Gasteiger partial charge in [0.05, 0.1) is 12.5 Å². The summed E-state index contributed by atoms with van der Waals surface area (Å²) in [5.41, 5.74) is 0. The van der Waals surface area contributed by atoms with Gasteiger partial charge in [0.25, 0.3) is 0 Å². The van der Waals surface area contributed by atoms with Crippen LogP contribution >= 0.6 is 0 Å². The molecule has 2 N–H and O–H groups in total. The molecule has 0 saturated carbocycles. The molecule has 0 aliphatic carbocycles. The zero-order valence-electron chi connectivity index (χ0n) is 6.39. The van der Waals surface area contributed by atoms with Crippen LogP contribution in [0.1, 0.15) is 6.42 Å². The van der Waals surface area contributed by atoms with Crippen molar-refractivity contribution in [2.75, 3.05) is 20.4 Å². The molecule has 0 fully saturated rings. The van der Waals surface area contributed by atoms with Crippen LogP contribution in [0.15, 0.2) is 0 Å². The van der Waals surface area contributed by atoms with E-state index in [-0.39, 0.29) is 12.8 Å². The molecule has 5 nitrogen and oxygen atoms in total. The Morgan fingerprint density at radius 1 is 1.64 bits per heavy atom. The highest BCUT2D eigenvalue weighted by Gasteiger charge is 1.95. The quantitative estimate of drug-likeness (QED) is 0.438. The van der Waals surface area contributed by atoms with Crippen LogP contribution in [0.5, 0.6) is 0 Å². The van der Waals surface area contributed by atoms with Crippen molar-refractivity contribution in [2.24, 2.45) is 0 Å². The van der Waals surface area contributed by atoms with E-state index in [0.717, 1.165) is 0 Å². The molecule has 0 rings (SSSR count). The highest BCUT2D eigenvalue weighted by molar-refractivity contribution is 5.73. The average Bonchev–Trinajstić information content (AvgIpc) is 2.01. The van der Waals surface area contributed by atoms with Crippen LogP contribution < -0.4 is 10.6 Å². The SMILES string of the molecule is COCNC(=O)NCCC#N. The van der Waals surface area contributed by atoms with Crippen LogP contribution in [0.3, 0.4) is 0 Å². The number of methoxy groups -OCH3 is 1. The molecule has 0 aliphatic rings. The molecule has 0 aliphatic heterocycles. The third-order valence-corrected chi connectivity index (χ3v) is 0.899. The van der Waals surface area contributed by atoms with Gasteiger partial charge in [-0.2, -0.15) is 5.26 Å². The van der Waals surface area contributed by atoms with Crippen molar-refractivity contribution < 1.29 is 9.53 Å². The molecule has 0 atom stereocenters. The first kappa shape index (κ1) is 9.72. The summed E-state index contributed by atoms with van der Waals surface area (Å²) in [6.07, 6.45) is 0.320. The van der Waals surface area contributed by atoms with E-state index in [2.05, 4.69) is 15.4 Å². The lowest BCUT2D eigenvalue weighted by atomic mass is 10.5. The second-order valence-electron chi connectivity index (χ2n) is 1.77. The average molecular weight is 157 g/mol. The molecule has 2 amide bonds. The number of amides is 2. The normalized spacial score (nSPS) is 8.36. The van der Waals surface area contributed by atoms with E-state index in [0.29, 0.717) is 13.0 Å². The predicted octanol–water partition coefficient (Wildman–Crippen LogP) is -0.197. The van der Waals surface area contributed by atoms with Gasteiger partial charge in [-0.15, -0.1) is 0 Å². The van der Waals surface area contributed by atoms with Crippen molar-refractivity contribution >= 4 is 6.03 Å². The summed E-state index contributed by atoms with van der Waals surface area (Å²) >= 11 is 0. The van der Waals surface area contributed by atoms with E-state index in [9.17, 15) is 4.79 Å². The molecular formula is C6H11N3O2. The van der Waals surface area contributed by atoms with E-state index in [4.69, 9.17) is 5.26 Å². The molecule has 0 aromatic rings. The highest BCUT2D eigenvalue weighted by Crippen LogP contribution is 1.70. The van der Waals surface area contributed by atoms with Crippen LogP contribution in [-0.4, -0.2) is 26.4 Å². The summed E-state index contributed by atoms with van der Waals surface area (Å²) in [7, 11) is 1.48. The summed E-state index contributed by atoms with van der Waals surface area (Å²) in [6.45, 7) is 0.546. The second-order valence-corrected chi connectivity index (χ2v) is 1.77. The van der Waals surface area contributed by atoms with Gasteiger partial charge < -0.3 is 15.4 Å². The Morgan fingerprint density at radius 3 is 2.91 bits per heavy atom. The number of hydrogen-bond acceptors (Lipinski definition) is 3. The van der Waals surface area contributed by atoms with Gasteiger partial charge in [-0.3, -0.25) is 0 Å². The number of urea groups is 1. The first-order valence-corrected chi connectivity index (χ1v) is 3.19. The molecule has 62 valence electrons. The van der Waals surface area contributed by atoms with Crippen molar-refractivity contribution in [3.05, 3.63) is 0 Å². The van der Waals surface area contributed by atoms with Crippen molar-refractivity contribution in [3.8, 4) is 6.07 Å². The fraction of sp³-hybridized carbons (Fsp3) is 0.667. The second kappa shape index (κ2) is 6.83. The summed E-state index contributed by atoms with van der Waals surface area (Å²) in [6, 6.07) is 1.59. The van der Waals surface area contributed by atoms with Crippen LogP contribution in [0, 0.1) is 11.3 Å². The van der Waals surface area contributed by atoms with Crippen molar-refractivity contribution in [1.82, 2.24) is 10.6 Å². The van der Waals surface area contributed by atoms with E-state index in [1.807, 2.05) is 6.07 Å². The van der Waals surface area contributed by atoms with E-state index < -0.39 is 0 Å². The smallest absolute Gasteiger partial charge is 0.316 e. The van der Waals surface area contributed by atoms with Crippen molar-refractivity contribution in [2.45, 2.75) is 6.42 Å². The van der Waals surface area contributed by atoms with Gasteiger partial charge in [0.1, 0.15) is 6.73 Å². The van der Waals surface area contributed by atoms with Gasteiger partial charge in [0.15, 0.2) is 0 Å².